The van der Waals surface area contributed by atoms with Gasteiger partial charge in [0.15, 0.2) is 0 Å². The molecule has 0 radical (unpaired) electrons. The Balaban J connectivity index is 2.00. The number of nitrogens with zero attached hydrogens (tertiary/aromatic N) is 1. The van der Waals surface area contributed by atoms with Gasteiger partial charge in [-0.05, 0) is 25.8 Å². The van der Waals surface area contributed by atoms with Crippen LogP contribution in [0, 0.1) is 0 Å². The van der Waals surface area contributed by atoms with Gasteiger partial charge in [0.05, 0.1) is 5.54 Å². The number of nitrogens with one attached hydrogen (secondary N) is 2. The fourth-order valence-electron chi connectivity index (χ4n) is 3.04. The highest BCUT2D eigenvalue weighted by Gasteiger charge is 2.36. The van der Waals surface area contributed by atoms with Gasteiger partial charge in [-0.2, -0.15) is 0 Å². The van der Waals surface area contributed by atoms with E-state index in [1.807, 2.05) is 32.0 Å². The lowest BCUT2D eigenvalue weighted by Gasteiger charge is -2.42. The maximum atomic E-state index is 11.9. The largest absolute Gasteiger partial charge is 0.325 e. The first-order valence-electron chi connectivity index (χ1n) is 7.13. The van der Waals surface area contributed by atoms with Gasteiger partial charge >= 0.3 is 5.69 Å². The summed E-state index contributed by atoms with van der Waals surface area (Å²) in [4.78, 5) is 31.0. The molecule has 0 saturated heterocycles. The number of hydrogen-bond donors (Lipinski definition) is 2. The highest BCUT2D eigenvalue weighted by molar-refractivity contribution is 5.27. The quantitative estimate of drug-likeness (QED) is 0.875. The first-order chi connectivity index (χ1) is 9.98. The minimum Gasteiger partial charge on any atom is -0.309 e. The van der Waals surface area contributed by atoms with Crippen LogP contribution in [-0.2, 0) is 18.5 Å². The Morgan fingerprint density at radius 2 is 1.86 bits per heavy atom. The van der Waals surface area contributed by atoms with Crippen molar-refractivity contribution >= 4 is 0 Å². The maximum Gasteiger partial charge on any atom is 0.325 e. The molecule has 1 aromatic carbocycles. The van der Waals surface area contributed by atoms with Crippen molar-refractivity contribution in [1.82, 2.24) is 14.9 Å². The van der Waals surface area contributed by atoms with Crippen LogP contribution in [0.25, 0.3) is 0 Å². The van der Waals surface area contributed by atoms with E-state index >= 15 is 0 Å². The number of aromatic nitrogens is 2. The van der Waals surface area contributed by atoms with Crippen molar-refractivity contribution in [3.8, 4) is 0 Å². The summed E-state index contributed by atoms with van der Waals surface area (Å²) in [6.45, 7) is 5.68. The van der Waals surface area contributed by atoms with Gasteiger partial charge in [-0.1, -0.05) is 30.3 Å². The van der Waals surface area contributed by atoms with Crippen LogP contribution in [-0.4, -0.2) is 21.4 Å². The minimum atomic E-state index is -0.437. The summed E-state index contributed by atoms with van der Waals surface area (Å²) in [6.07, 6.45) is 0.651. The van der Waals surface area contributed by atoms with Gasteiger partial charge in [-0.15, -0.1) is 0 Å². The van der Waals surface area contributed by atoms with E-state index in [9.17, 15) is 9.59 Å². The van der Waals surface area contributed by atoms with Gasteiger partial charge in [0.2, 0.25) is 0 Å². The molecular weight excluding hydrogens is 266 g/mol. The van der Waals surface area contributed by atoms with E-state index in [1.165, 1.54) is 5.56 Å². The zero-order valence-electron chi connectivity index (χ0n) is 12.3. The molecular formula is C16H19N3O2. The van der Waals surface area contributed by atoms with Gasteiger partial charge in [-0.25, -0.2) is 4.79 Å². The number of H-pyrrole nitrogens is 2. The lowest BCUT2D eigenvalue weighted by molar-refractivity contribution is 0.0925. The lowest BCUT2D eigenvalue weighted by atomic mass is 9.88. The van der Waals surface area contributed by atoms with Crippen LogP contribution < -0.4 is 11.2 Å². The fraction of sp³-hybridized carbons (Fsp3) is 0.375. The highest BCUT2D eigenvalue weighted by atomic mass is 16.2. The molecule has 0 fully saturated rings. The Bertz CT molecular complexity index is 759. The fourth-order valence-corrected chi connectivity index (χ4v) is 3.04. The maximum absolute atomic E-state index is 11.9. The molecule has 2 heterocycles. The third-order valence-electron chi connectivity index (χ3n) is 4.29. The summed E-state index contributed by atoms with van der Waals surface area (Å²) in [5.74, 6) is 0. The van der Waals surface area contributed by atoms with Crippen LogP contribution in [0.1, 0.15) is 30.7 Å². The molecule has 5 nitrogen and oxygen atoms in total. The topological polar surface area (TPSA) is 69.0 Å². The summed E-state index contributed by atoms with van der Waals surface area (Å²) in [5.41, 5.74) is 1.58. The van der Waals surface area contributed by atoms with Crippen LogP contribution >= 0.6 is 0 Å². The molecule has 0 aliphatic carbocycles. The molecule has 0 atom stereocenters. The molecule has 0 bridgehead atoms. The average molecular weight is 285 g/mol. The second kappa shape index (κ2) is 5.00. The molecule has 3 rings (SSSR count). The molecule has 0 spiro atoms. The first kappa shape index (κ1) is 13.8. The van der Waals surface area contributed by atoms with Gasteiger partial charge < -0.3 is 4.98 Å². The van der Waals surface area contributed by atoms with Crippen molar-refractivity contribution < 1.29 is 0 Å². The van der Waals surface area contributed by atoms with Gasteiger partial charge in [0, 0.05) is 24.3 Å². The Kier molecular flexibility index (Phi) is 3.29. The van der Waals surface area contributed by atoms with Crippen LogP contribution in [0.4, 0.5) is 0 Å². The highest BCUT2D eigenvalue weighted by Crippen LogP contribution is 2.32. The van der Waals surface area contributed by atoms with Crippen LogP contribution in [0.2, 0.25) is 0 Å². The normalized spacial score (nSPS) is 17.4. The van der Waals surface area contributed by atoms with Gasteiger partial charge in [0.1, 0.15) is 0 Å². The van der Waals surface area contributed by atoms with Crippen LogP contribution in [0.15, 0.2) is 39.9 Å². The summed E-state index contributed by atoms with van der Waals surface area (Å²) in [7, 11) is 0. The van der Waals surface area contributed by atoms with Gasteiger partial charge in [0.25, 0.3) is 5.56 Å². The van der Waals surface area contributed by atoms with Crippen LogP contribution in [0.5, 0.6) is 0 Å². The molecule has 21 heavy (non-hydrogen) atoms. The second-order valence-corrected chi connectivity index (χ2v) is 5.98. The molecule has 2 aromatic rings. The SMILES string of the molecule is CC1(C)c2[nH]c(=O)[nH]c(=O)c2CCN1Cc1ccccc1. The zero-order chi connectivity index (χ0) is 15.0. The summed E-state index contributed by atoms with van der Waals surface area (Å²) >= 11 is 0. The zero-order valence-corrected chi connectivity index (χ0v) is 12.3. The van der Waals surface area contributed by atoms with E-state index in [0.29, 0.717) is 12.0 Å². The monoisotopic (exact) mass is 285 g/mol. The van der Waals surface area contributed by atoms with E-state index < -0.39 is 5.69 Å². The standard InChI is InChI=1S/C16H19N3O2/c1-16(2)13-12(14(20)18-15(21)17-13)8-9-19(16)10-11-6-4-3-5-7-11/h3-7H,8-10H2,1-2H3,(H2,17,18,20,21). The molecule has 0 unspecified atom stereocenters. The number of benzene rings is 1. The first-order valence-corrected chi connectivity index (χ1v) is 7.13. The van der Waals surface area contributed by atoms with E-state index in [4.69, 9.17) is 0 Å². The minimum absolute atomic E-state index is 0.263. The summed E-state index contributed by atoms with van der Waals surface area (Å²) < 4.78 is 0. The van der Waals surface area contributed by atoms with Crippen molar-refractivity contribution in [2.45, 2.75) is 32.4 Å². The Morgan fingerprint density at radius 3 is 2.57 bits per heavy atom. The molecule has 110 valence electrons. The van der Waals surface area contributed by atoms with Crippen molar-refractivity contribution in [2.24, 2.45) is 0 Å². The number of fused-ring (bicyclic) bond motifs is 1. The smallest absolute Gasteiger partial charge is 0.309 e. The third-order valence-corrected chi connectivity index (χ3v) is 4.29. The Morgan fingerprint density at radius 1 is 1.14 bits per heavy atom. The summed E-state index contributed by atoms with van der Waals surface area (Å²) in [6, 6.07) is 10.2. The van der Waals surface area contributed by atoms with E-state index in [-0.39, 0.29) is 11.1 Å². The number of rotatable bonds is 2. The molecule has 0 amide bonds. The second-order valence-electron chi connectivity index (χ2n) is 5.98. The molecule has 2 N–H and O–H groups in total. The number of hydrogen-bond acceptors (Lipinski definition) is 3. The van der Waals surface area contributed by atoms with Crippen LogP contribution in [0.3, 0.4) is 0 Å². The molecule has 5 heteroatoms. The predicted octanol–water partition coefficient (Wildman–Crippen LogP) is 1.36. The van der Waals surface area contributed by atoms with Crippen molar-refractivity contribution in [1.29, 1.82) is 0 Å². The van der Waals surface area contributed by atoms with Crippen molar-refractivity contribution in [3.63, 3.8) is 0 Å². The third kappa shape index (κ3) is 2.45. The Hall–Kier alpha value is -2.14. The molecule has 1 aliphatic rings. The van der Waals surface area contributed by atoms with E-state index in [0.717, 1.165) is 18.8 Å². The van der Waals surface area contributed by atoms with Gasteiger partial charge in [-0.3, -0.25) is 14.7 Å². The van der Waals surface area contributed by atoms with Crippen molar-refractivity contribution in [3.05, 3.63) is 68.0 Å². The Labute approximate surface area is 122 Å². The van der Waals surface area contributed by atoms with E-state index in [1.54, 1.807) is 0 Å². The lowest BCUT2D eigenvalue weighted by Crippen LogP contribution is -2.50. The molecule has 1 aromatic heterocycles. The summed E-state index contributed by atoms with van der Waals surface area (Å²) in [5, 5.41) is 0. The van der Waals surface area contributed by atoms with E-state index in [2.05, 4.69) is 27.0 Å². The molecule has 1 aliphatic heterocycles. The average Bonchev–Trinajstić information content (AvgIpc) is 2.44. The number of aromatic amines is 2. The molecule has 0 saturated carbocycles. The predicted molar refractivity (Wildman–Crippen MR) is 81.3 cm³/mol. The van der Waals surface area contributed by atoms with Crippen molar-refractivity contribution in [2.75, 3.05) is 6.54 Å².